The second-order valence-corrected chi connectivity index (χ2v) is 3.04. The molecule has 0 aliphatic rings. The summed E-state index contributed by atoms with van der Waals surface area (Å²) in [5.74, 6) is 0. The molecule has 0 bridgehead atoms. The monoisotopic (exact) mass is 223 g/mol. The molecule has 1 aromatic rings. The third-order valence-corrected chi connectivity index (χ3v) is 2.02. The van der Waals surface area contributed by atoms with Gasteiger partial charge in [-0.05, 0) is 11.6 Å². The van der Waals surface area contributed by atoms with Crippen molar-refractivity contribution in [1.29, 1.82) is 0 Å². The Balaban J connectivity index is 0.00000144. The van der Waals surface area contributed by atoms with Gasteiger partial charge in [0.1, 0.15) is 6.17 Å². The van der Waals surface area contributed by atoms with Crippen LogP contribution >= 0.6 is 24.0 Å². The maximum atomic E-state index is 12.8. The molecule has 0 aliphatic heterocycles. The summed E-state index contributed by atoms with van der Waals surface area (Å²) in [5.41, 5.74) is 5.97. The first-order valence-corrected chi connectivity index (χ1v) is 4.19. The van der Waals surface area contributed by atoms with Crippen LogP contribution in [0.4, 0.5) is 4.39 Å². The molecule has 1 nitrogen and oxygen atoms in total. The number of halogens is 3. The highest BCUT2D eigenvalue weighted by Gasteiger charge is 2.06. The normalized spacial score (nSPS) is 11.9. The van der Waals surface area contributed by atoms with E-state index in [-0.39, 0.29) is 19.0 Å². The van der Waals surface area contributed by atoms with Gasteiger partial charge in [-0.2, -0.15) is 0 Å². The van der Waals surface area contributed by atoms with Crippen molar-refractivity contribution in [2.75, 3.05) is 6.54 Å². The van der Waals surface area contributed by atoms with E-state index in [0.717, 1.165) is 5.56 Å². The van der Waals surface area contributed by atoms with Gasteiger partial charge in [0, 0.05) is 18.0 Å². The van der Waals surface area contributed by atoms with Gasteiger partial charge < -0.3 is 5.73 Å². The van der Waals surface area contributed by atoms with E-state index in [0.29, 0.717) is 11.4 Å². The van der Waals surface area contributed by atoms with E-state index in [1.807, 2.05) is 18.2 Å². The topological polar surface area (TPSA) is 26.0 Å². The molecule has 0 aromatic heterocycles. The van der Waals surface area contributed by atoms with Crippen LogP contribution in [0.1, 0.15) is 5.56 Å². The number of nitrogens with two attached hydrogens (primary N) is 1. The summed E-state index contributed by atoms with van der Waals surface area (Å²) in [7, 11) is 0. The van der Waals surface area contributed by atoms with Crippen molar-refractivity contribution in [2.45, 2.75) is 12.6 Å². The van der Waals surface area contributed by atoms with Gasteiger partial charge in [-0.15, -0.1) is 12.4 Å². The highest BCUT2D eigenvalue weighted by atomic mass is 35.5. The summed E-state index contributed by atoms with van der Waals surface area (Å²) in [6.07, 6.45) is -0.694. The lowest BCUT2D eigenvalue weighted by Crippen LogP contribution is -2.17. The van der Waals surface area contributed by atoms with Crippen molar-refractivity contribution < 1.29 is 4.39 Å². The van der Waals surface area contributed by atoms with E-state index >= 15 is 0 Å². The Hall–Kier alpha value is -0.310. The molecular weight excluding hydrogens is 212 g/mol. The summed E-state index contributed by atoms with van der Waals surface area (Å²) >= 11 is 5.82. The minimum Gasteiger partial charge on any atom is -0.328 e. The molecule has 1 unspecified atom stereocenters. The van der Waals surface area contributed by atoms with Crippen LogP contribution in [-0.2, 0) is 6.42 Å². The van der Waals surface area contributed by atoms with Crippen molar-refractivity contribution in [2.24, 2.45) is 5.73 Å². The third kappa shape index (κ3) is 3.94. The lowest BCUT2D eigenvalue weighted by Gasteiger charge is -2.06. The molecule has 0 radical (unpaired) electrons. The van der Waals surface area contributed by atoms with Gasteiger partial charge in [-0.3, -0.25) is 0 Å². The van der Waals surface area contributed by atoms with Gasteiger partial charge >= 0.3 is 0 Å². The number of hydrogen-bond acceptors (Lipinski definition) is 1. The van der Waals surface area contributed by atoms with Crippen LogP contribution in [0, 0.1) is 0 Å². The molecule has 0 heterocycles. The Morgan fingerprint density at radius 3 is 2.54 bits per heavy atom. The maximum Gasteiger partial charge on any atom is 0.116 e. The number of hydrogen-bond donors (Lipinski definition) is 1. The van der Waals surface area contributed by atoms with Crippen LogP contribution in [0.2, 0.25) is 5.02 Å². The van der Waals surface area contributed by atoms with Gasteiger partial charge in [0.15, 0.2) is 0 Å². The van der Waals surface area contributed by atoms with Gasteiger partial charge in [-0.25, -0.2) is 4.39 Å². The molecule has 0 saturated carbocycles. The predicted molar refractivity (Wildman–Crippen MR) is 56.4 cm³/mol. The van der Waals surface area contributed by atoms with Gasteiger partial charge in [0.05, 0.1) is 0 Å². The molecule has 1 aromatic carbocycles. The second kappa shape index (κ2) is 6.19. The lowest BCUT2D eigenvalue weighted by molar-refractivity contribution is 0.340. The molecule has 13 heavy (non-hydrogen) atoms. The maximum absolute atomic E-state index is 12.8. The Morgan fingerprint density at radius 2 is 2.00 bits per heavy atom. The van der Waals surface area contributed by atoms with Crippen molar-refractivity contribution >= 4 is 24.0 Å². The highest BCUT2D eigenvalue weighted by molar-refractivity contribution is 6.31. The smallest absolute Gasteiger partial charge is 0.116 e. The first-order valence-electron chi connectivity index (χ1n) is 3.81. The van der Waals surface area contributed by atoms with Crippen LogP contribution < -0.4 is 5.73 Å². The fraction of sp³-hybridized carbons (Fsp3) is 0.333. The molecule has 1 rings (SSSR count). The fourth-order valence-electron chi connectivity index (χ4n) is 0.986. The van der Waals surface area contributed by atoms with E-state index in [1.165, 1.54) is 0 Å². The molecule has 0 saturated heterocycles. The zero-order chi connectivity index (χ0) is 8.97. The summed E-state index contributed by atoms with van der Waals surface area (Å²) in [4.78, 5) is 0. The van der Waals surface area contributed by atoms with Crippen molar-refractivity contribution in [3.63, 3.8) is 0 Å². The molecule has 74 valence electrons. The van der Waals surface area contributed by atoms with Gasteiger partial charge in [-0.1, -0.05) is 29.8 Å². The lowest BCUT2D eigenvalue weighted by atomic mass is 10.1. The van der Waals surface area contributed by atoms with Gasteiger partial charge in [0.25, 0.3) is 0 Å². The largest absolute Gasteiger partial charge is 0.328 e. The summed E-state index contributed by atoms with van der Waals surface area (Å²) < 4.78 is 12.8. The van der Waals surface area contributed by atoms with Crippen LogP contribution in [0.15, 0.2) is 24.3 Å². The van der Waals surface area contributed by atoms with Crippen LogP contribution in [-0.4, -0.2) is 12.7 Å². The van der Waals surface area contributed by atoms with Crippen molar-refractivity contribution in [1.82, 2.24) is 0 Å². The minimum absolute atomic E-state index is 0. The number of alkyl halides is 1. The SMILES string of the molecule is Cl.NCC(F)Cc1ccccc1Cl. The first-order chi connectivity index (χ1) is 5.74. The van der Waals surface area contributed by atoms with E-state index in [4.69, 9.17) is 17.3 Å². The Morgan fingerprint density at radius 1 is 1.38 bits per heavy atom. The van der Waals surface area contributed by atoms with Crippen LogP contribution in [0.3, 0.4) is 0 Å². The molecule has 0 spiro atoms. The quantitative estimate of drug-likeness (QED) is 0.838. The van der Waals surface area contributed by atoms with E-state index in [2.05, 4.69) is 0 Å². The molecule has 0 fully saturated rings. The standard InChI is InChI=1S/C9H11ClFN.ClH/c10-9-4-2-1-3-7(9)5-8(11)6-12;/h1-4,8H,5-6,12H2;1H. The fourth-order valence-corrected chi connectivity index (χ4v) is 1.20. The molecule has 2 N–H and O–H groups in total. The zero-order valence-electron chi connectivity index (χ0n) is 7.04. The highest BCUT2D eigenvalue weighted by Crippen LogP contribution is 2.17. The predicted octanol–water partition coefficient (Wildman–Crippen LogP) is 2.60. The average Bonchev–Trinajstić information content (AvgIpc) is 2.09. The second-order valence-electron chi connectivity index (χ2n) is 2.63. The van der Waals surface area contributed by atoms with E-state index in [1.54, 1.807) is 6.07 Å². The Bertz CT molecular complexity index is 255. The molecule has 0 aliphatic carbocycles. The Labute approximate surface area is 88.5 Å². The number of rotatable bonds is 3. The van der Waals surface area contributed by atoms with E-state index < -0.39 is 6.17 Å². The van der Waals surface area contributed by atoms with Crippen molar-refractivity contribution in [3.8, 4) is 0 Å². The van der Waals surface area contributed by atoms with Crippen molar-refractivity contribution in [3.05, 3.63) is 34.9 Å². The third-order valence-electron chi connectivity index (χ3n) is 1.65. The summed E-state index contributed by atoms with van der Waals surface area (Å²) in [6.45, 7) is 0.0468. The number of benzene rings is 1. The summed E-state index contributed by atoms with van der Waals surface area (Å²) in [5, 5.41) is 0.605. The van der Waals surface area contributed by atoms with Gasteiger partial charge in [0.2, 0.25) is 0 Å². The van der Waals surface area contributed by atoms with Crippen LogP contribution in [0.25, 0.3) is 0 Å². The Kier molecular flexibility index (Phi) is 6.04. The molecule has 4 heteroatoms. The minimum atomic E-state index is -0.995. The van der Waals surface area contributed by atoms with E-state index in [9.17, 15) is 4.39 Å². The molecular formula is C9H12Cl2FN. The molecule has 1 atom stereocenters. The zero-order valence-corrected chi connectivity index (χ0v) is 8.61. The molecule has 0 amide bonds. The summed E-state index contributed by atoms with van der Waals surface area (Å²) in [6, 6.07) is 7.22. The van der Waals surface area contributed by atoms with Crippen LogP contribution in [0.5, 0.6) is 0 Å². The average molecular weight is 224 g/mol. The first kappa shape index (κ1) is 12.7.